The molecule has 0 aromatic heterocycles. The number of ether oxygens (including phenoxy) is 1. The Morgan fingerprint density at radius 1 is 1.56 bits per heavy atom. The van der Waals surface area contributed by atoms with Crippen molar-refractivity contribution in [3.05, 3.63) is 0 Å². The van der Waals surface area contributed by atoms with Crippen molar-refractivity contribution < 1.29 is 9.53 Å². The summed E-state index contributed by atoms with van der Waals surface area (Å²) in [6, 6.07) is 0.479. The average molecular weight is 229 g/mol. The van der Waals surface area contributed by atoms with E-state index in [9.17, 15) is 4.79 Å². The molecule has 1 aliphatic heterocycles. The molecule has 0 spiro atoms. The molecule has 1 saturated heterocycles. The normalized spacial score (nSPS) is 22.0. The quantitative estimate of drug-likeness (QED) is 0.606. The second-order valence-electron chi connectivity index (χ2n) is 4.28. The largest absolute Gasteiger partial charge is 0.370 e. The van der Waals surface area contributed by atoms with E-state index in [0.717, 1.165) is 13.1 Å². The zero-order valence-electron chi connectivity index (χ0n) is 10.1. The molecule has 0 bridgehead atoms. The summed E-state index contributed by atoms with van der Waals surface area (Å²) in [6.07, 6.45) is 3.69. The van der Waals surface area contributed by atoms with E-state index in [2.05, 4.69) is 17.3 Å². The number of rotatable bonds is 6. The van der Waals surface area contributed by atoms with Gasteiger partial charge in [-0.1, -0.05) is 6.42 Å². The van der Waals surface area contributed by atoms with Crippen molar-refractivity contribution in [3.63, 3.8) is 0 Å². The second kappa shape index (κ2) is 7.60. The maximum atomic E-state index is 11.4. The highest BCUT2D eigenvalue weighted by molar-refractivity contribution is 5.77. The van der Waals surface area contributed by atoms with E-state index < -0.39 is 0 Å². The predicted octanol–water partition coefficient (Wildman–Crippen LogP) is -0.438. The number of carbonyl (C=O) groups excluding carboxylic acids is 1. The first-order chi connectivity index (χ1) is 7.74. The van der Waals surface area contributed by atoms with Crippen LogP contribution in [0.5, 0.6) is 0 Å². The van der Waals surface area contributed by atoms with Gasteiger partial charge in [-0.25, -0.2) is 0 Å². The third kappa shape index (κ3) is 4.92. The van der Waals surface area contributed by atoms with Crippen molar-refractivity contribution in [1.29, 1.82) is 0 Å². The van der Waals surface area contributed by atoms with Gasteiger partial charge >= 0.3 is 0 Å². The van der Waals surface area contributed by atoms with Gasteiger partial charge < -0.3 is 20.7 Å². The van der Waals surface area contributed by atoms with E-state index in [-0.39, 0.29) is 12.5 Å². The zero-order valence-corrected chi connectivity index (χ0v) is 10.1. The van der Waals surface area contributed by atoms with E-state index in [4.69, 9.17) is 10.5 Å². The summed E-state index contributed by atoms with van der Waals surface area (Å²) in [6.45, 7) is 2.87. The lowest BCUT2D eigenvalue weighted by atomic mass is 10.0. The van der Waals surface area contributed by atoms with Crippen LogP contribution >= 0.6 is 0 Å². The van der Waals surface area contributed by atoms with Crippen LogP contribution in [-0.4, -0.2) is 56.7 Å². The maximum absolute atomic E-state index is 11.4. The molecule has 1 heterocycles. The Morgan fingerprint density at radius 3 is 3.06 bits per heavy atom. The number of hydrogen-bond acceptors (Lipinski definition) is 4. The number of likely N-dealkylation sites (N-methyl/N-ethyl adjacent to an activating group) is 1. The van der Waals surface area contributed by atoms with Gasteiger partial charge in [-0.2, -0.15) is 0 Å². The van der Waals surface area contributed by atoms with Gasteiger partial charge in [0.1, 0.15) is 6.61 Å². The van der Waals surface area contributed by atoms with Gasteiger partial charge in [-0.3, -0.25) is 4.79 Å². The molecule has 1 atom stereocenters. The summed E-state index contributed by atoms with van der Waals surface area (Å²) in [5.41, 5.74) is 5.26. The van der Waals surface area contributed by atoms with Crippen LogP contribution in [0.4, 0.5) is 0 Å². The minimum atomic E-state index is -0.0487. The molecule has 1 fully saturated rings. The van der Waals surface area contributed by atoms with Crippen LogP contribution in [0.25, 0.3) is 0 Å². The Labute approximate surface area is 97.3 Å². The number of nitrogens with two attached hydrogens (primary N) is 1. The zero-order chi connectivity index (χ0) is 11.8. The van der Waals surface area contributed by atoms with Crippen molar-refractivity contribution in [2.75, 3.05) is 39.9 Å². The van der Waals surface area contributed by atoms with Gasteiger partial charge in [0.05, 0.1) is 6.61 Å². The fourth-order valence-electron chi connectivity index (χ4n) is 1.93. The molecule has 3 N–H and O–H groups in total. The first-order valence-corrected chi connectivity index (χ1v) is 5.98. The van der Waals surface area contributed by atoms with Crippen LogP contribution in [0.1, 0.15) is 19.3 Å². The van der Waals surface area contributed by atoms with E-state index in [0.29, 0.717) is 19.2 Å². The summed E-state index contributed by atoms with van der Waals surface area (Å²) in [5.74, 6) is -0.0487. The molecule has 5 heteroatoms. The van der Waals surface area contributed by atoms with E-state index in [1.54, 1.807) is 0 Å². The molecule has 94 valence electrons. The standard InChI is InChI=1S/C11H23N3O2/c1-14-6-3-2-4-10(14)8-13-11(15)9-16-7-5-12/h10H,2-9,12H2,1H3,(H,13,15). The summed E-state index contributed by atoms with van der Waals surface area (Å²) in [4.78, 5) is 13.7. The van der Waals surface area contributed by atoms with E-state index >= 15 is 0 Å². The molecule has 0 radical (unpaired) electrons. The third-order valence-corrected chi connectivity index (χ3v) is 2.95. The maximum Gasteiger partial charge on any atom is 0.246 e. The smallest absolute Gasteiger partial charge is 0.246 e. The number of carbonyl (C=O) groups is 1. The van der Waals surface area contributed by atoms with Crippen LogP contribution in [0.15, 0.2) is 0 Å². The topological polar surface area (TPSA) is 67.6 Å². The van der Waals surface area contributed by atoms with Crippen molar-refractivity contribution in [2.24, 2.45) is 5.73 Å². The van der Waals surface area contributed by atoms with Crippen molar-refractivity contribution in [2.45, 2.75) is 25.3 Å². The van der Waals surface area contributed by atoms with E-state index in [1.165, 1.54) is 19.3 Å². The Balaban J connectivity index is 2.10. The third-order valence-electron chi connectivity index (χ3n) is 2.95. The molecular weight excluding hydrogens is 206 g/mol. The molecule has 0 aromatic carbocycles. The minimum Gasteiger partial charge on any atom is -0.370 e. The molecule has 1 amide bonds. The van der Waals surface area contributed by atoms with Gasteiger partial charge in [0.15, 0.2) is 0 Å². The molecule has 1 rings (SSSR count). The Morgan fingerprint density at radius 2 is 2.38 bits per heavy atom. The lowest BCUT2D eigenvalue weighted by Crippen LogP contribution is -2.45. The van der Waals surface area contributed by atoms with Gasteiger partial charge in [-0.15, -0.1) is 0 Å². The number of likely N-dealkylation sites (tertiary alicyclic amines) is 1. The molecule has 16 heavy (non-hydrogen) atoms. The number of piperidine rings is 1. The lowest BCUT2D eigenvalue weighted by Gasteiger charge is -2.32. The van der Waals surface area contributed by atoms with Crippen LogP contribution in [-0.2, 0) is 9.53 Å². The fraction of sp³-hybridized carbons (Fsp3) is 0.909. The van der Waals surface area contributed by atoms with Gasteiger partial charge in [0, 0.05) is 19.1 Å². The van der Waals surface area contributed by atoms with E-state index in [1.807, 2.05) is 0 Å². The predicted molar refractivity (Wildman–Crippen MR) is 63.2 cm³/mol. The Hall–Kier alpha value is -0.650. The molecular formula is C11H23N3O2. The molecule has 0 saturated carbocycles. The number of nitrogens with zero attached hydrogens (tertiary/aromatic N) is 1. The van der Waals surface area contributed by atoms with Crippen molar-refractivity contribution in [3.8, 4) is 0 Å². The van der Waals surface area contributed by atoms with Crippen LogP contribution in [0, 0.1) is 0 Å². The highest BCUT2D eigenvalue weighted by Crippen LogP contribution is 2.13. The lowest BCUT2D eigenvalue weighted by molar-refractivity contribution is -0.125. The van der Waals surface area contributed by atoms with Gasteiger partial charge in [0.25, 0.3) is 0 Å². The highest BCUT2D eigenvalue weighted by Gasteiger charge is 2.18. The first kappa shape index (κ1) is 13.4. The van der Waals surface area contributed by atoms with Crippen molar-refractivity contribution >= 4 is 5.91 Å². The summed E-state index contributed by atoms with van der Waals surface area (Å²) in [7, 11) is 2.11. The van der Waals surface area contributed by atoms with Crippen LogP contribution in [0.3, 0.4) is 0 Å². The number of nitrogens with one attached hydrogen (secondary N) is 1. The fourth-order valence-corrected chi connectivity index (χ4v) is 1.93. The Kier molecular flexibility index (Phi) is 6.37. The molecule has 5 nitrogen and oxygen atoms in total. The van der Waals surface area contributed by atoms with Gasteiger partial charge in [-0.05, 0) is 26.4 Å². The van der Waals surface area contributed by atoms with Crippen LogP contribution in [0.2, 0.25) is 0 Å². The molecule has 1 unspecified atom stereocenters. The SMILES string of the molecule is CN1CCCCC1CNC(=O)COCCN. The summed E-state index contributed by atoms with van der Waals surface area (Å²) < 4.78 is 5.06. The highest BCUT2D eigenvalue weighted by atomic mass is 16.5. The molecule has 0 aromatic rings. The number of amides is 1. The van der Waals surface area contributed by atoms with Crippen LogP contribution < -0.4 is 11.1 Å². The van der Waals surface area contributed by atoms with Crippen molar-refractivity contribution in [1.82, 2.24) is 10.2 Å². The minimum absolute atomic E-state index is 0.0487. The monoisotopic (exact) mass is 229 g/mol. The second-order valence-corrected chi connectivity index (χ2v) is 4.28. The number of hydrogen-bond donors (Lipinski definition) is 2. The average Bonchev–Trinajstić information content (AvgIpc) is 2.28. The molecule has 0 aliphatic carbocycles. The Bertz CT molecular complexity index is 211. The summed E-state index contributed by atoms with van der Waals surface area (Å²) >= 11 is 0. The first-order valence-electron chi connectivity index (χ1n) is 5.98. The molecule has 1 aliphatic rings. The van der Waals surface area contributed by atoms with Gasteiger partial charge in [0.2, 0.25) is 5.91 Å². The summed E-state index contributed by atoms with van der Waals surface area (Å²) in [5, 5.41) is 2.90.